The predicted octanol–water partition coefficient (Wildman–Crippen LogP) is 3.00. The van der Waals surface area contributed by atoms with Crippen molar-refractivity contribution in [2.45, 2.75) is 93.1 Å². The number of aromatic nitrogens is 4. The summed E-state index contributed by atoms with van der Waals surface area (Å²) < 4.78 is 1.88. The molecule has 1 atom stereocenters. The zero-order valence-electron chi connectivity index (χ0n) is 14.8. The number of hydrogen-bond acceptors (Lipinski definition) is 6. The van der Waals surface area contributed by atoms with Crippen molar-refractivity contribution in [3.8, 4) is 6.07 Å². The second kappa shape index (κ2) is 8.17. The minimum atomic E-state index is -0.695. The summed E-state index contributed by atoms with van der Waals surface area (Å²) >= 11 is 1.38. The van der Waals surface area contributed by atoms with Crippen molar-refractivity contribution in [3.63, 3.8) is 0 Å². The van der Waals surface area contributed by atoms with Crippen molar-refractivity contribution in [1.82, 2.24) is 25.5 Å². The fraction of sp³-hybridized carbons (Fsp3) is 0.824. The van der Waals surface area contributed by atoms with Gasteiger partial charge in [0.1, 0.15) is 5.54 Å². The van der Waals surface area contributed by atoms with Crippen molar-refractivity contribution in [3.05, 3.63) is 0 Å². The molecule has 0 saturated heterocycles. The number of carbonyl (C=O) groups excluding carboxylic acids is 1. The van der Waals surface area contributed by atoms with Gasteiger partial charge in [-0.15, -0.1) is 5.10 Å². The van der Waals surface area contributed by atoms with E-state index in [1.807, 2.05) is 11.6 Å². The van der Waals surface area contributed by atoms with Crippen LogP contribution in [0.25, 0.3) is 0 Å². The highest BCUT2D eigenvalue weighted by Crippen LogP contribution is 2.32. The van der Waals surface area contributed by atoms with Crippen molar-refractivity contribution in [2.75, 3.05) is 0 Å². The molecule has 1 amide bonds. The second-order valence-corrected chi connectivity index (χ2v) is 8.51. The lowest BCUT2D eigenvalue weighted by Crippen LogP contribution is -2.51. The van der Waals surface area contributed by atoms with Crippen LogP contribution in [0.4, 0.5) is 0 Å². The van der Waals surface area contributed by atoms with Crippen LogP contribution in [0.5, 0.6) is 0 Å². The monoisotopic (exact) mass is 362 g/mol. The molecule has 1 aromatic rings. The Hall–Kier alpha value is -1.62. The molecule has 2 aliphatic rings. The Bertz CT molecular complexity index is 627. The van der Waals surface area contributed by atoms with E-state index in [-0.39, 0.29) is 11.2 Å². The molecular weight excluding hydrogens is 336 g/mol. The van der Waals surface area contributed by atoms with Gasteiger partial charge in [0.05, 0.1) is 17.4 Å². The quantitative estimate of drug-likeness (QED) is 0.809. The maximum absolute atomic E-state index is 12.6. The van der Waals surface area contributed by atoms with E-state index in [9.17, 15) is 10.1 Å². The van der Waals surface area contributed by atoms with Crippen LogP contribution in [0.2, 0.25) is 0 Å². The summed E-state index contributed by atoms with van der Waals surface area (Å²) in [4.78, 5) is 12.6. The van der Waals surface area contributed by atoms with Gasteiger partial charge in [-0.1, -0.05) is 50.3 Å². The molecule has 8 heteroatoms. The van der Waals surface area contributed by atoms with Crippen LogP contribution < -0.4 is 5.32 Å². The number of nitrogens with zero attached hydrogens (tertiary/aromatic N) is 5. The van der Waals surface area contributed by atoms with Crippen molar-refractivity contribution >= 4 is 17.7 Å². The number of hydrogen-bond donors (Lipinski definition) is 1. The first kappa shape index (κ1) is 18.2. The molecule has 1 unspecified atom stereocenters. The first-order chi connectivity index (χ1) is 12.1. The molecule has 2 saturated carbocycles. The van der Waals surface area contributed by atoms with E-state index in [0.717, 1.165) is 44.9 Å². The highest BCUT2D eigenvalue weighted by Gasteiger charge is 2.35. The lowest BCUT2D eigenvalue weighted by molar-refractivity contribution is -0.121. The van der Waals surface area contributed by atoms with Gasteiger partial charge in [-0.25, -0.2) is 4.68 Å². The predicted molar refractivity (Wildman–Crippen MR) is 94.8 cm³/mol. The maximum atomic E-state index is 12.6. The normalized spacial score (nSPS) is 22.1. The Morgan fingerprint density at radius 1 is 1.28 bits per heavy atom. The molecule has 1 aromatic heterocycles. The molecular formula is C17H26N6OS. The highest BCUT2D eigenvalue weighted by atomic mass is 32.2. The third-order valence-electron chi connectivity index (χ3n) is 5.32. The highest BCUT2D eigenvalue weighted by molar-refractivity contribution is 8.00. The molecule has 0 radical (unpaired) electrons. The fourth-order valence-electron chi connectivity index (χ4n) is 3.79. The summed E-state index contributed by atoms with van der Waals surface area (Å²) in [6.45, 7) is 1.85. The number of nitriles is 1. The van der Waals surface area contributed by atoms with E-state index in [2.05, 4.69) is 26.9 Å². The first-order valence-corrected chi connectivity index (χ1v) is 10.2. The van der Waals surface area contributed by atoms with Crippen LogP contribution >= 0.6 is 11.8 Å². The minimum absolute atomic E-state index is 0.105. The maximum Gasteiger partial charge on any atom is 0.234 e. The molecule has 0 spiro atoms. The van der Waals surface area contributed by atoms with Crippen molar-refractivity contribution in [2.24, 2.45) is 0 Å². The molecule has 25 heavy (non-hydrogen) atoms. The zero-order chi connectivity index (χ0) is 17.7. The number of tetrazole rings is 1. The van der Waals surface area contributed by atoms with Crippen molar-refractivity contribution in [1.29, 1.82) is 5.26 Å². The van der Waals surface area contributed by atoms with Crippen LogP contribution in [-0.2, 0) is 4.79 Å². The number of rotatable bonds is 5. The van der Waals surface area contributed by atoms with Gasteiger partial charge in [0.15, 0.2) is 0 Å². The molecule has 1 heterocycles. The topological polar surface area (TPSA) is 96.5 Å². The van der Waals surface area contributed by atoms with Gasteiger partial charge in [-0.3, -0.25) is 4.79 Å². The Balaban J connectivity index is 1.62. The molecule has 7 nitrogen and oxygen atoms in total. The van der Waals surface area contributed by atoms with E-state index in [1.54, 1.807) is 0 Å². The SMILES string of the molecule is CC(Sc1nnnn1C1CCCCC1)C(=O)NC1(C#N)CCCCC1. The van der Waals surface area contributed by atoms with Gasteiger partial charge in [0, 0.05) is 0 Å². The molecule has 136 valence electrons. The third-order valence-corrected chi connectivity index (χ3v) is 6.37. The Morgan fingerprint density at radius 2 is 1.96 bits per heavy atom. The van der Waals surface area contributed by atoms with Gasteiger partial charge < -0.3 is 5.32 Å². The van der Waals surface area contributed by atoms with Crippen LogP contribution in [0.3, 0.4) is 0 Å². The number of amides is 1. The van der Waals surface area contributed by atoms with Gasteiger partial charge in [-0.05, 0) is 43.0 Å². The Kier molecular flexibility index (Phi) is 5.94. The Morgan fingerprint density at radius 3 is 2.64 bits per heavy atom. The summed E-state index contributed by atoms with van der Waals surface area (Å²) in [6.07, 6.45) is 10.5. The van der Waals surface area contributed by atoms with E-state index >= 15 is 0 Å². The molecule has 0 aliphatic heterocycles. The van der Waals surface area contributed by atoms with Gasteiger partial charge in [-0.2, -0.15) is 5.26 Å². The number of thioether (sulfide) groups is 1. The van der Waals surface area contributed by atoms with E-state index in [0.29, 0.717) is 11.2 Å². The number of nitrogens with one attached hydrogen (secondary N) is 1. The van der Waals surface area contributed by atoms with Gasteiger partial charge in [0.2, 0.25) is 11.1 Å². The van der Waals surface area contributed by atoms with E-state index < -0.39 is 5.54 Å². The fourth-order valence-corrected chi connectivity index (χ4v) is 4.65. The summed E-state index contributed by atoms with van der Waals surface area (Å²) in [5, 5.41) is 25.0. The molecule has 0 aromatic carbocycles. The summed E-state index contributed by atoms with van der Waals surface area (Å²) in [5.74, 6) is -0.105. The van der Waals surface area contributed by atoms with Crippen LogP contribution in [0, 0.1) is 11.3 Å². The number of carbonyl (C=O) groups is 1. The van der Waals surface area contributed by atoms with Crippen LogP contribution in [0.1, 0.15) is 77.2 Å². The molecule has 1 N–H and O–H groups in total. The summed E-state index contributed by atoms with van der Waals surface area (Å²) in [6, 6.07) is 2.68. The third kappa shape index (κ3) is 4.32. The first-order valence-electron chi connectivity index (χ1n) is 9.31. The van der Waals surface area contributed by atoms with Gasteiger partial charge in [0.25, 0.3) is 0 Å². The average molecular weight is 363 g/mol. The lowest BCUT2D eigenvalue weighted by atomic mass is 9.83. The summed E-state index contributed by atoms with van der Waals surface area (Å²) in [5.41, 5.74) is -0.695. The minimum Gasteiger partial charge on any atom is -0.337 e. The average Bonchev–Trinajstić information content (AvgIpc) is 3.11. The standard InChI is InChI=1S/C17H26N6OS/c1-13(15(24)19-17(12-18)10-6-3-7-11-17)25-16-20-21-22-23(16)14-8-4-2-5-9-14/h13-14H,2-11H2,1H3,(H,19,24). The van der Waals surface area contributed by atoms with Crippen LogP contribution in [-0.4, -0.2) is 36.9 Å². The molecule has 2 aliphatic carbocycles. The molecule has 2 fully saturated rings. The van der Waals surface area contributed by atoms with Crippen LogP contribution in [0.15, 0.2) is 5.16 Å². The van der Waals surface area contributed by atoms with E-state index in [1.165, 1.54) is 31.0 Å². The zero-order valence-corrected chi connectivity index (χ0v) is 15.6. The van der Waals surface area contributed by atoms with E-state index in [4.69, 9.17) is 0 Å². The molecule has 3 rings (SSSR count). The van der Waals surface area contributed by atoms with Crippen molar-refractivity contribution < 1.29 is 4.79 Å². The molecule has 0 bridgehead atoms. The Labute approximate surface area is 152 Å². The second-order valence-electron chi connectivity index (χ2n) is 7.20. The lowest BCUT2D eigenvalue weighted by Gasteiger charge is -2.32. The summed E-state index contributed by atoms with van der Waals surface area (Å²) in [7, 11) is 0. The van der Waals surface area contributed by atoms with Gasteiger partial charge >= 0.3 is 0 Å². The smallest absolute Gasteiger partial charge is 0.234 e. The largest absolute Gasteiger partial charge is 0.337 e.